The summed E-state index contributed by atoms with van der Waals surface area (Å²) in [4.78, 5) is 0. The third-order valence-electron chi connectivity index (χ3n) is 3.51. The van der Waals surface area contributed by atoms with Gasteiger partial charge in [-0.15, -0.1) is 11.6 Å². The fourth-order valence-corrected chi connectivity index (χ4v) is 2.96. The second-order valence-corrected chi connectivity index (χ2v) is 5.27. The molecule has 0 aromatic rings. The molecule has 2 saturated carbocycles. The summed E-state index contributed by atoms with van der Waals surface area (Å²) in [5.41, 5.74) is 0. The summed E-state index contributed by atoms with van der Waals surface area (Å²) >= 11 is 5.95. The first kappa shape index (κ1) is 10.7. The predicted molar refractivity (Wildman–Crippen MR) is 58.9 cm³/mol. The number of methoxy groups -OCH3 is 1. The number of alkyl halides is 1. The summed E-state index contributed by atoms with van der Waals surface area (Å²) in [6.45, 7) is 0. The van der Waals surface area contributed by atoms with Crippen molar-refractivity contribution >= 4 is 11.6 Å². The molecule has 0 spiro atoms. The predicted octanol–water partition coefficient (Wildman–Crippen LogP) is 2.30. The van der Waals surface area contributed by atoms with Crippen molar-refractivity contribution in [2.45, 2.75) is 62.1 Å². The first-order valence-electron chi connectivity index (χ1n) is 5.71. The van der Waals surface area contributed by atoms with Crippen molar-refractivity contribution in [1.29, 1.82) is 0 Å². The first-order valence-corrected chi connectivity index (χ1v) is 6.14. The standard InChI is InChI=1S/C11H20ClNO/c1-14-11-4-2-3-9(7-11)13-10-5-8(12)6-10/h8-11,13H,2-7H2,1H3. The van der Waals surface area contributed by atoms with Crippen LogP contribution in [0.5, 0.6) is 0 Å². The number of hydrogen-bond acceptors (Lipinski definition) is 2. The molecule has 2 aliphatic rings. The Bertz CT molecular complexity index is 182. The lowest BCUT2D eigenvalue weighted by atomic mass is 9.87. The molecule has 2 rings (SSSR count). The average Bonchev–Trinajstić information content (AvgIpc) is 2.16. The van der Waals surface area contributed by atoms with Crippen LogP contribution in [-0.2, 0) is 4.74 Å². The summed E-state index contributed by atoms with van der Waals surface area (Å²) in [6, 6.07) is 1.35. The molecule has 0 heterocycles. The van der Waals surface area contributed by atoms with Gasteiger partial charge in [-0.25, -0.2) is 0 Å². The van der Waals surface area contributed by atoms with Gasteiger partial charge in [0.25, 0.3) is 0 Å². The summed E-state index contributed by atoms with van der Waals surface area (Å²) < 4.78 is 5.41. The molecule has 82 valence electrons. The van der Waals surface area contributed by atoms with Gasteiger partial charge < -0.3 is 10.1 Å². The van der Waals surface area contributed by atoms with Crippen molar-refractivity contribution in [2.24, 2.45) is 0 Å². The van der Waals surface area contributed by atoms with E-state index in [-0.39, 0.29) is 0 Å². The van der Waals surface area contributed by atoms with Gasteiger partial charge in [-0.3, -0.25) is 0 Å². The monoisotopic (exact) mass is 217 g/mol. The molecular formula is C11H20ClNO. The molecule has 0 amide bonds. The van der Waals surface area contributed by atoms with Crippen molar-refractivity contribution in [1.82, 2.24) is 5.32 Å². The van der Waals surface area contributed by atoms with Crippen molar-refractivity contribution in [3.63, 3.8) is 0 Å². The van der Waals surface area contributed by atoms with Gasteiger partial charge in [-0.2, -0.15) is 0 Å². The van der Waals surface area contributed by atoms with Crippen LogP contribution in [0.15, 0.2) is 0 Å². The van der Waals surface area contributed by atoms with E-state index in [2.05, 4.69) is 5.32 Å². The van der Waals surface area contributed by atoms with E-state index >= 15 is 0 Å². The maximum atomic E-state index is 5.95. The Hall–Kier alpha value is 0.210. The lowest BCUT2D eigenvalue weighted by Gasteiger charge is -2.38. The minimum absolute atomic E-state index is 0.425. The van der Waals surface area contributed by atoms with Gasteiger partial charge in [0.2, 0.25) is 0 Å². The Kier molecular flexibility index (Phi) is 3.69. The lowest BCUT2D eigenvalue weighted by molar-refractivity contribution is 0.0548. The summed E-state index contributed by atoms with van der Waals surface area (Å²) in [5.74, 6) is 0. The SMILES string of the molecule is COC1CCCC(NC2CC(Cl)C2)C1. The molecule has 0 aromatic heterocycles. The molecule has 0 aromatic carbocycles. The zero-order valence-corrected chi connectivity index (χ0v) is 9.59. The number of nitrogens with one attached hydrogen (secondary N) is 1. The highest BCUT2D eigenvalue weighted by atomic mass is 35.5. The molecule has 2 atom stereocenters. The van der Waals surface area contributed by atoms with Crippen LogP contribution in [0.1, 0.15) is 38.5 Å². The highest BCUT2D eigenvalue weighted by Crippen LogP contribution is 2.28. The Labute approximate surface area is 91.3 Å². The first-order chi connectivity index (χ1) is 6.78. The molecule has 2 aliphatic carbocycles. The fraction of sp³-hybridized carbons (Fsp3) is 1.00. The molecule has 0 bridgehead atoms. The molecule has 2 nitrogen and oxygen atoms in total. The van der Waals surface area contributed by atoms with E-state index in [1.807, 2.05) is 7.11 Å². The third-order valence-corrected chi connectivity index (χ3v) is 3.87. The summed E-state index contributed by atoms with van der Waals surface area (Å²) in [7, 11) is 1.82. The second kappa shape index (κ2) is 4.82. The minimum atomic E-state index is 0.425. The molecule has 0 saturated heterocycles. The highest BCUT2D eigenvalue weighted by molar-refractivity contribution is 6.21. The van der Waals surface area contributed by atoms with E-state index in [1.165, 1.54) is 25.7 Å². The van der Waals surface area contributed by atoms with Crippen molar-refractivity contribution in [3.05, 3.63) is 0 Å². The average molecular weight is 218 g/mol. The zero-order valence-electron chi connectivity index (χ0n) is 8.84. The Morgan fingerprint density at radius 1 is 1.14 bits per heavy atom. The minimum Gasteiger partial charge on any atom is -0.381 e. The van der Waals surface area contributed by atoms with Gasteiger partial charge in [0, 0.05) is 24.6 Å². The maximum Gasteiger partial charge on any atom is 0.0586 e. The topological polar surface area (TPSA) is 21.3 Å². The third kappa shape index (κ3) is 2.62. The smallest absolute Gasteiger partial charge is 0.0586 e. The van der Waals surface area contributed by atoms with Crippen LogP contribution in [0.25, 0.3) is 0 Å². The van der Waals surface area contributed by atoms with Gasteiger partial charge in [0.15, 0.2) is 0 Å². The van der Waals surface area contributed by atoms with E-state index in [0.29, 0.717) is 23.6 Å². The molecular weight excluding hydrogens is 198 g/mol. The van der Waals surface area contributed by atoms with Crippen LogP contribution in [-0.4, -0.2) is 30.7 Å². The van der Waals surface area contributed by atoms with Crippen molar-refractivity contribution in [3.8, 4) is 0 Å². The maximum absolute atomic E-state index is 5.95. The number of hydrogen-bond donors (Lipinski definition) is 1. The highest BCUT2D eigenvalue weighted by Gasteiger charge is 2.30. The van der Waals surface area contributed by atoms with Gasteiger partial charge in [0.1, 0.15) is 0 Å². The quantitative estimate of drug-likeness (QED) is 0.733. The van der Waals surface area contributed by atoms with Crippen LogP contribution in [0, 0.1) is 0 Å². The van der Waals surface area contributed by atoms with E-state index in [0.717, 1.165) is 12.8 Å². The Balaban J connectivity index is 1.69. The molecule has 3 heteroatoms. The lowest BCUT2D eigenvalue weighted by Crippen LogP contribution is -2.49. The van der Waals surface area contributed by atoms with Crippen LogP contribution in [0.4, 0.5) is 0 Å². The molecule has 2 fully saturated rings. The van der Waals surface area contributed by atoms with Gasteiger partial charge in [0.05, 0.1) is 6.10 Å². The van der Waals surface area contributed by atoms with E-state index in [9.17, 15) is 0 Å². The van der Waals surface area contributed by atoms with Crippen LogP contribution in [0.3, 0.4) is 0 Å². The molecule has 0 radical (unpaired) electrons. The molecule has 2 unspecified atom stereocenters. The summed E-state index contributed by atoms with van der Waals surface area (Å²) in [6.07, 6.45) is 7.80. The van der Waals surface area contributed by atoms with E-state index < -0.39 is 0 Å². The Morgan fingerprint density at radius 2 is 1.93 bits per heavy atom. The Morgan fingerprint density at radius 3 is 2.57 bits per heavy atom. The van der Waals surface area contributed by atoms with Crippen LogP contribution < -0.4 is 5.32 Å². The molecule has 0 aliphatic heterocycles. The largest absolute Gasteiger partial charge is 0.381 e. The van der Waals surface area contributed by atoms with E-state index in [1.54, 1.807) is 0 Å². The van der Waals surface area contributed by atoms with Crippen molar-refractivity contribution < 1.29 is 4.74 Å². The molecule has 14 heavy (non-hydrogen) atoms. The van der Waals surface area contributed by atoms with Crippen LogP contribution in [0.2, 0.25) is 0 Å². The molecule has 1 N–H and O–H groups in total. The number of ether oxygens (including phenoxy) is 1. The summed E-state index contributed by atoms with van der Waals surface area (Å²) in [5, 5.41) is 4.11. The fourth-order valence-electron chi connectivity index (χ4n) is 2.53. The number of halogens is 1. The van der Waals surface area contributed by atoms with Gasteiger partial charge >= 0.3 is 0 Å². The van der Waals surface area contributed by atoms with Crippen molar-refractivity contribution in [2.75, 3.05) is 7.11 Å². The zero-order chi connectivity index (χ0) is 9.97. The van der Waals surface area contributed by atoms with Gasteiger partial charge in [-0.1, -0.05) is 0 Å². The second-order valence-electron chi connectivity index (χ2n) is 4.65. The van der Waals surface area contributed by atoms with Crippen LogP contribution >= 0.6 is 11.6 Å². The number of rotatable bonds is 3. The van der Waals surface area contributed by atoms with E-state index in [4.69, 9.17) is 16.3 Å². The normalized spacial score (nSPS) is 43.3. The van der Waals surface area contributed by atoms with Gasteiger partial charge in [-0.05, 0) is 38.5 Å².